The number of unbranched alkanes of at least 4 members (excludes halogenated alkanes) is 40. The first-order valence-electron chi connectivity index (χ1n) is 30.7. The first kappa shape index (κ1) is 67.1. The molecule has 0 rings (SSSR count). The minimum atomic E-state index is -0.682. The average Bonchev–Trinajstić information content (AvgIpc) is 3.35. The number of carbonyl (C=O) groups is 2. The zero-order valence-corrected chi connectivity index (χ0v) is 46.3. The van der Waals surface area contributed by atoms with Crippen LogP contribution in [0.5, 0.6) is 0 Å². The second-order valence-electron chi connectivity index (χ2n) is 21.0. The van der Waals surface area contributed by atoms with Crippen molar-refractivity contribution in [2.24, 2.45) is 0 Å². The monoisotopic (exact) mass is 970 g/mol. The Kier molecular flexibility index (Phi) is 57.0. The molecule has 0 aromatic heterocycles. The molecular formula is C63H119NO5. The van der Waals surface area contributed by atoms with E-state index in [2.05, 4.69) is 55.6 Å². The minimum absolute atomic E-state index is 0.0259. The summed E-state index contributed by atoms with van der Waals surface area (Å²) in [6.45, 7) is 4.89. The number of amides is 1. The van der Waals surface area contributed by atoms with Gasteiger partial charge in [-0.3, -0.25) is 9.59 Å². The Labute approximate surface area is 430 Å². The normalized spacial score (nSPS) is 12.8. The fourth-order valence-electron chi connectivity index (χ4n) is 9.43. The van der Waals surface area contributed by atoms with E-state index in [1.807, 2.05) is 0 Å². The molecule has 0 aromatic rings. The highest BCUT2D eigenvalue weighted by atomic mass is 16.5. The summed E-state index contributed by atoms with van der Waals surface area (Å²) in [5.41, 5.74) is 0. The molecule has 0 saturated carbocycles. The highest BCUT2D eigenvalue weighted by Crippen LogP contribution is 2.17. The van der Waals surface area contributed by atoms with Gasteiger partial charge >= 0.3 is 5.97 Å². The van der Waals surface area contributed by atoms with Crippen LogP contribution in [0.4, 0.5) is 0 Å². The Morgan fingerprint density at radius 2 is 0.725 bits per heavy atom. The van der Waals surface area contributed by atoms with E-state index < -0.39 is 12.1 Å². The lowest BCUT2D eigenvalue weighted by atomic mass is 10.0. The first-order chi connectivity index (χ1) is 34.0. The number of hydrogen-bond acceptors (Lipinski definition) is 5. The summed E-state index contributed by atoms with van der Waals surface area (Å²) in [5.74, 6) is -0.0844. The number of aliphatic hydroxyl groups is 2. The Balaban J connectivity index is 3.48. The zero-order chi connectivity index (χ0) is 50.0. The highest BCUT2D eigenvalue weighted by Gasteiger charge is 2.20. The fraction of sp³-hybridized carbons (Fsp3) is 0.873. The summed E-state index contributed by atoms with van der Waals surface area (Å²) in [4.78, 5) is 24.6. The van der Waals surface area contributed by atoms with E-state index >= 15 is 0 Å². The average molecular weight is 971 g/mol. The lowest BCUT2D eigenvalue weighted by Gasteiger charge is -2.22. The van der Waals surface area contributed by atoms with Gasteiger partial charge in [-0.25, -0.2) is 0 Å². The van der Waals surface area contributed by atoms with E-state index in [1.54, 1.807) is 0 Å². The minimum Gasteiger partial charge on any atom is -0.466 e. The number of allylic oxidation sites excluding steroid dienone is 6. The van der Waals surface area contributed by atoms with Crippen LogP contribution in [-0.2, 0) is 14.3 Å². The molecule has 0 aliphatic rings. The van der Waals surface area contributed by atoms with Crippen molar-refractivity contribution >= 4 is 11.9 Å². The molecule has 0 saturated heterocycles. The summed E-state index contributed by atoms with van der Waals surface area (Å²) in [6.07, 6.45) is 72.9. The third-order valence-corrected chi connectivity index (χ3v) is 14.2. The molecule has 0 radical (unpaired) electrons. The summed E-state index contributed by atoms with van der Waals surface area (Å²) < 4.78 is 5.47. The Morgan fingerprint density at radius 1 is 0.406 bits per heavy atom. The Morgan fingerprint density at radius 3 is 1.14 bits per heavy atom. The van der Waals surface area contributed by atoms with Gasteiger partial charge in [-0.15, -0.1) is 0 Å². The Bertz CT molecular complexity index is 1120. The van der Waals surface area contributed by atoms with E-state index in [4.69, 9.17) is 4.74 Å². The lowest BCUT2D eigenvalue weighted by molar-refractivity contribution is -0.143. The van der Waals surface area contributed by atoms with E-state index in [-0.39, 0.29) is 18.5 Å². The van der Waals surface area contributed by atoms with E-state index in [1.165, 1.54) is 212 Å². The molecule has 0 aliphatic carbocycles. The van der Waals surface area contributed by atoms with Gasteiger partial charge < -0.3 is 20.3 Å². The van der Waals surface area contributed by atoms with Crippen molar-refractivity contribution in [2.45, 2.75) is 341 Å². The molecule has 0 aliphatic heterocycles. The van der Waals surface area contributed by atoms with Crippen LogP contribution >= 0.6 is 0 Å². The van der Waals surface area contributed by atoms with Crippen molar-refractivity contribution in [2.75, 3.05) is 13.2 Å². The summed E-state index contributed by atoms with van der Waals surface area (Å²) in [7, 11) is 0. The molecule has 2 unspecified atom stereocenters. The molecule has 6 nitrogen and oxygen atoms in total. The van der Waals surface area contributed by atoms with Crippen molar-refractivity contribution in [3.05, 3.63) is 36.5 Å². The fourth-order valence-corrected chi connectivity index (χ4v) is 9.43. The van der Waals surface area contributed by atoms with Crippen LogP contribution in [0.15, 0.2) is 36.5 Å². The SMILES string of the molecule is CCCCC/C=C\C/C=C\CCCCCCCCCCCC(=O)OCCCCC/C=C\CCCCCCCC(=O)NC(CO)C(O)CCCCCCCCCCCCCCCCCCCCCCC. The molecule has 0 spiro atoms. The second-order valence-corrected chi connectivity index (χ2v) is 21.0. The predicted octanol–water partition coefficient (Wildman–Crippen LogP) is 19.2. The zero-order valence-electron chi connectivity index (χ0n) is 46.3. The topological polar surface area (TPSA) is 95.9 Å². The maximum Gasteiger partial charge on any atom is 0.305 e. The van der Waals surface area contributed by atoms with Gasteiger partial charge in [0.05, 0.1) is 25.4 Å². The lowest BCUT2D eigenvalue weighted by Crippen LogP contribution is -2.45. The van der Waals surface area contributed by atoms with Gasteiger partial charge in [-0.1, -0.05) is 262 Å². The molecule has 2 atom stereocenters. The van der Waals surface area contributed by atoms with Crippen molar-refractivity contribution < 1.29 is 24.5 Å². The summed E-state index contributed by atoms with van der Waals surface area (Å²) in [6, 6.07) is -0.562. The van der Waals surface area contributed by atoms with Crippen LogP contribution in [0, 0.1) is 0 Å². The van der Waals surface area contributed by atoms with E-state index in [0.717, 1.165) is 83.5 Å². The van der Waals surface area contributed by atoms with Crippen molar-refractivity contribution in [1.82, 2.24) is 5.32 Å². The second kappa shape index (κ2) is 58.6. The third-order valence-electron chi connectivity index (χ3n) is 14.2. The van der Waals surface area contributed by atoms with Gasteiger partial charge in [0.25, 0.3) is 0 Å². The van der Waals surface area contributed by atoms with Gasteiger partial charge in [-0.2, -0.15) is 0 Å². The molecule has 1 amide bonds. The standard InChI is InChI=1S/C63H119NO5/c1-3-5-7-9-11-13-15-17-19-21-23-24-26-27-29-31-35-39-43-47-51-55-61(66)60(59-65)64-62(67)56-52-48-44-40-36-33-34-38-42-46-50-54-58-69-63(68)57-53-49-45-41-37-32-30-28-25-22-20-18-16-14-12-10-8-6-4-2/h12,14,18,20,34,38,60-61,65-66H,3-11,13,15-17,19,21-33,35-37,39-59H2,1-2H3,(H,64,67)/b14-12-,20-18-,38-34-. The van der Waals surface area contributed by atoms with Crippen LogP contribution < -0.4 is 5.32 Å². The molecule has 0 fully saturated rings. The largest absolute Gasteiger partial charge is 0.466 e. The number of hydrogen-bond donors (Lipinski definition) is 3. The number of rotatable bonds is 57. The number of aliphatic hydroxyl groups excluding tert-OH is 2. The predicted molar refractivity (Wildman–Crippen MR) is 301 cm³/mol. The molecule has 0 bridgehead atoms. The number of carbonyl (C=O) groups excluding carboxylic acids is 2. The molecular weight excluding hydrogens is 851 g/mol. The molecule has 6 heteroatoms. The van der Waals surface area contributed by atoms with Gasteiger partial charge in [-0.05, 0) is 89.9 Å². The first-order valence-corrected chi connectivity index (χ1v) is 30.7. The Hall–Kier alpha value is -1.92. The molecule has 406 valence electrons. The van der Waals surface area contributed by atoms with E-state index in [9.17, 15) is 19.8 Å². The van der Waals surface area contributed by atoms with Crippen LogP contribution in [0.2, 0.25) is 0 Å². The van der Waals surface area contributed by atoms with Crippen LogP contribution in [0.25, 0.3) is 0 Å². The van der Waals surface area contributed by atoms with Gasteiger partial charge in [0.15, 0.2) is 0 Å². The number of esters is 1. The quantitative estimate of drug-likeness (QED) is 0.0321. The molecule has 3 N–H and O–H groups in total. The van der Waals surface area contributed by atoms with Crippen molar-refractivity contribution in [3.63, 3.8) is 0 Å². The summed E-state index contributed by atoms with van der Waals surface area (Å²) in [5, 5.41) is 23.3. The third kappa shape index (κ3) is 55.2. The molecule has 0 heterocycles. The maximum absolute atomic E-state index is 12.5. The molecule has 69 heavy (non-hydrogen) atoms. The van der Waals surface area contributed by atoms with Gasteiger partial charge in [0, 0.05) is 12.8 Å². The highest BCUT2D eigenvalue weighted by molar-refractivity contribution is 5.76. The number of nitrogens with one attached hydrogen (secondary N) is 1. The molecule has 0 aromatic carbocycles. The van der Waals surface area contributed by atoms with Crippen molar-refractivity contribution in [3.8, 4) is 0 Å². The van der Waals surface area contributed by atoms with Crippen LogP contribution in [0.3, 0.4) is 0 Å². The van der Waals surface area contributed by atoms with Crippen LogP contribution in [-0.4, -0.2) is 47.4 Å². The van der Waals surface area contributed by atoms with E-state index in [0.29, 0.717) is 25.9 Å². The smallest absolute Gasteiger partial charge is 0.305 e. The van der Waals surface area contributed by atoms with Gasteiger partial charge in [0.1, 0.15) is 0 Å². The summed E-state index contributed by atoms with van der Waals surface area (Å²) >= 11 is 0. The van der Waals surface area contributed by atoms with Crippen molar-refractivity contribution in [1.29, 1.82) is 0 Å². The van der Waals surface area contributed by atoms with Crippen LogP contribution in [0.1, 0.15) is 328 Å². The van der Waals surface area contributed by atoms with Gasteiger partial charge in [0.2, 0.25) is 5.91 Å². The number of ether oxygens (including phenoxy) is 1. The maximum atomic E-state index is 12.5.